The van der Waals surface area contributed by atoms with Gasteiger partial charge in [0.25, 0.3) is 0 Å². The Morgan fingerprint density at radius 2 is 1.92 bits per heavy atom. The van der Waals surface area contributed by atoms with Gasteiger partial charge in [-0.05, 0) is 34.1 Å². The lowest BCUT2D eigenvalue weighted by atomic mass is 10.3. The Bertz CT molecular complexity index is 238. The molecule has 1 N–H and O–H groups in total. The maximum atomic E-state index is 12.7. The van der Waals surface area contributed by atoms with Crippen molar-refractivity contribution in [3.63, 3.8) is 0 Å². The van der Waals surface area contributed by atoms with E-state index in [9.17, 15) is 4.39 Å². The van der Waals surface area contributed by atoms with Gasteiger partial charge in [0.05, 0.1) is 4.47 Å². The van der Waals surface area contributed by atoms with Crippen LogP contribution in [0.5, 0.6) is 0 Å². The molecule has 0 amide bonds. The van der Waals surface area contributed by atoms with E-state index in [1.807, 2.05) is 13.8 Å². The average molecular weight is 234 g/mol. The van der Waals surface area contributed by atoms with Gasteiger partial charge in [0.15, 0.2) is 0 Å². The smallest absolute Gasteiger partial charge is 0.139 e. The number of hydrogen-bond acceptors (Lipinski definition) is 1. The fourth-order valence-corrected chi connectivity index (χ4v) is 0.898. The summed E-state index contributed by atoms with van der Waals surface area (Å²) in [6.45, 7) is 4.00. The standard InChI is InChI=1S/C7H7BrFN.C2H6/c1-10-5-2-3-6(8)7(9)4-5;1-2/h2-4,10H,1H3;1-2H3. The first-order valence-electron chi connectivity index (χ1n) is 3.87. The lowest BCUT2D eigenvalue weighted by Crippen LogP contribution is -1.88. The molecule has 0 spiro atoms. The third-order valence-electron chi connectivity index (χ3n) is 1.21. The molecule has 68 valence electrons. The Balaban J connectivity index is 0.000000561. The van der Waals surface area contributed by atoms with Crippen molar-refractivity contribution in [3.05, 3.63) is 28.5 Å². The van der Waals surface area contributed by atoms with E-state index in [2.05, 4.69) is 21.2 Å². The predicted molar refractivity (Wildman–Crippen MR) is 55.0 cm³/mol. The highest BCUT2D eigenvalue weighted by Gasteiger charge is 1.97. The Labute approximate surface area is 81.1 Å². The van der Waals surface area contributed by atoms with E-state index in [1.165, 1.54) is 6.07 Å². The molecular formula is C9H13BrFN. The molecule has 0 radical (unpaired) electrons. The quantitative estimate of drug-likeness (QED) is 0.781. The molecule has 0 aliphatic heterocycles. The summed E-state index contributed by atoms with van der Waals surface area (Å²) in [5, 5.41) is 2.83. The molecule has 0 heterocycles. The minimum absolute atomic E-state index is 0.244. The highest BCUT2D eigenvalue weighted by molar-refractivity contribution is 9.10. The van der Waals surface area contributed by atoms with Gasteiger partial charge in [0, 0.05) is 12.7 Å². The third kappa shape index (κ3) is 3.22. The van der Waals surface area contributed by atoms with Gasteiger partial charge >= 0.3 is 0 Å². The Hall–Kier alpha value is -0.570. The van der Waals surface area contributed by atoms with Crippen molar-refractivity contribution in [1.82, 2.24) is 0 Å². The summed E-state index contributed by atoms with van der Waals surface area (Å²) in [5.41, 5.74) is 0.778. The molecule has 0 atom stereocenters. The minimum atomic E-state index is -0.244. The van der Waals surface area contributed by atoms with Crippen LogP contribution in [0, 0.1) is 5.82 Å². The molecule has 1 aromatic carbocycles. The summed E-state index contributed by atoms with van der Waals surface area (Å²) in [4.78, 5) is 0. The first kappa shape index (κ1) is 11.4. The van der Waals surface area contributed by atoms with Crippen LogP contribution in [0.1, 0.15) is 13.8 Å². The SMILES string of the molecule is CC.CNc1ccc(Br)c(F)c1. The van der Waals surface area contributed by atoms with Gasteiger partial charge in [-0.25, -0.2) is 4.39 Å². The number of hydrogen-bond donors (Lipinski definition) is 1. The van der Waals surface area contributed by atoms with Crippen molar-refractivity contribution in [2.75, 3.05) is 12.4 Å². The van der Waals surface area contributed by atoms with Gasteiger partial charge in [-0.3, -0.25) is 0 Å². The first-order valence-corrected chi connectivity index (χ1v) is 4.66. The molecule has 0 aromatic heterocycles. The number of anilines is 1. The van der Waals surface area contributed by atoms with Gasteiger partial charge in [-0.1, -0.05) is 13.8 Å². The summed E-state index contributed by atoms with van der Waals surface area (Å²) in [6, 6.07) is 4.90. The monoisotopic (exact) mass is 233 g/mol. The lowest BCUT2D eigenvalue weighted by Gasteiger charge is -1.99. The summed E-state index contributed by atoms with van der Waals surface area (Å²) < 4.78 is 13.2. The van der Waals surface area contributed by atoms with Crippen LogP contribution >= 0.6 is 15.9 Å². The Kier molecular flexibility index (Phi) is 5.72. The van der Waals surface area contributed by atoms with Gasteiger partial charge in [0.1, 0.15) is 5.82 Å². The maximum Gasteiger partial charge on any atom is 0.139 e. The maximum absolute atomic E-state index is 12.7. The van der Waals surface area contributed by atoms with E-state index in [4.69, 9.17) is 0 Å². The van der Waals surface area contributed by atoms with E-state index in [1.54, 1.807) is 19.2 Å². The zero-order chi connectivity index (χ0) is 9.56. The van der Waals surface area contributed by atoms with E-state index < -0.39 is 0 Å². The third-order valence-corrected chi connectivity index (χ3v) is 1.85. The Morgan fingerprint density at radius 1 is 1.33 bits per heavy atom. The van der Waals surface area contributed by atoms with Crippen molar-refractivity contribution in [1.29, 1.82) is 0 Å². The highest BCUT2D eigenvalue weighted by atomic mass is 79.9. The Morgan fingerprint density at radius 3 is 2.33 bits per heavy atom. The van der Waals surface area contributed by atoms with E-state index >= 15 is 0 Å². The van der Waals surface area contributed by atoms with Crippen LogP contribution in [0.15, 0.2) is 22.7 Å². The van der Waals surface area contributed by atoms with Crippen molar-refractivity contribution in [2.45, 2.75) is 13.8 Å². The van der Waals surface area contributed by atoms with Crippen LogP contribution in [0.2, 0.25) is 0 Å². The topological polar surface area (TPSA) is 12.0 Å². The number of rotatable bonds is 1. The molecule has 1 aromatic rings. The molecule has 0 aliphatic rings. The van der Waals surface area contributed by atoms with Crippen LogP contribution in [0.3, 0.4) is 0 Å². The second-order valence-corrected chi connectivity index (χ2v) is 2.73. The van der Waals surface area contributed by atoms with Gasteiger partial charge < -0.3 is 5.32 Å². The van der Waals surface area contributed by atoms with Crippen molar-refractivity contribution in [3.8, 4) is 0 Å². The van der Waals surface area contributed by atoms with Crippen LogP contribution in [0.4, 0.5) is 10.1 Å². The van der Waals surface area contributed by atoms with E-state index in [-0.39, 0.29) is 5.82 Å². The number of nitrogens with one attached hydrogen (secondary N) is 1. The zero-order valence-corrected chi connectivity index (χ0v) is 9.07. The predicted octanol–water partition coefficient (Wildman–Crippen LogP) is 3.66. The van der Waals surface area contributed by atoms with Crippen molar-refractivity contribution in [2.24, 2.45) is 0 Å². The van der Waals surface area contributed by atoms with Crippen LogP contribution in [-0.2, 0) is 0 Å². The largest absolute Gasteiger partial charge is 0.388 e. The zero-order valence-electron chi connectivity index (χ0n) is 7.49. The van der Waals surface area contributed by atoms with Crippen molar-refractivity contribution < 1.29 is 4.39 Å². The number of benzene rings is 1. The van der Waals surface area contributed by atoms with Crippen LogP contribution in [0.25, 0.3) is 0 Å². The molecule has 3 heteroatoms. The number of halogens is 2. The van der Waals surface area contributed by atoms with Gasteiger partial charge in [0.2, 0.25) is 0 Å². The molecule has 1 nitrogen and oxygen atoms in total. The molecule has 1 rings (SSSR count). The van der Waals surface area contributed by atoms with Crippen LogP contribution < -0.4 is 5.32 Å². The lowest BCUT2D eigenvalue weighted by molar-refractivity contribution is 0.621. The molecule has 0 unspecified atom stereocenters. The molecule has 12 heavy (non-hydrogen) atoms. The summed E-state index contributed by atoms with van der Waals surface area (Å²) >= 11 is 3.06. The molecule has 0 bridgehead atoms. The summed E-state index contributed by atoms with van der Waals surface area (Å²) in [7, 11) is 1.75. The van der Waals surface area contributed by atoms with Crippen molar-refractivity contribution >= 4 is 21.6 Å². The molecular weight excluding hydrogens is 221 g/mol. The fraction of sp³-hybridized carbons (Fsp3) is 0.333. The second-order valence-electron chi connectivity index (χ2n) is 1.88. The molecule has 0 aliphatic carbocycles. The summed E-state index contributed by atoms with van der Waals surface area (Å²) in [5.74, 6) is -0.244. The molecule has 0 saturated heterocycles. The average Bonchev–Trinajstić information content (AvgIpc) is 2.13. The first-order chi connectivity index (χ1) is 5.74. The van der Waals surface area contributed by atoms with Gasteiger partial charge in [-0.15, -0.1) is 0 Å². The highest BCUT2D eigenvalue weighted by Crippen LogP contribution is 2.18. The minimum Gasteiger partial charge on any atom is -0.388 e. The molecule has 0 saturated carbocycles. The fourth-order valence-electron chi connectivity index (χ4n) is 0.652. The van der Waals surface area contributed by atoms with Gasteiger partial charge in [-0.2, -0.15) is 0 Å². The van der Waals surface area contributed by atoms with E-state index in [0.717, 1.165) is 5.69 Å². The van der Waals surface area contributed by atoms with E-state index in [0.29, 0.717) is 4.47 Å². The van der Waals surface area contributed by atoms with Crippen LogP contribution in [-0.4, -0.2) is 7.05 Å². The second kappa shape index (κ2) is 6.00. The normalized spacial score (nSPS) is 8.42. The molecule has 0 fully saturated rings. The summed E-state index contributed by atoms with van der Waals surface area (Å²) in [6.07, 6.45) is 0.